The van der Waals surface area contributed by atoms with Gasteiger partial charge >= 0.3 is 5.97 Å². The zero-order valence-electron chi connectivity index (χ0n) is 10.7. The molecule has 2 rings (SSSR count). The van der Waals surface area contributed by atoms with Gasteiger partial charge in [-0.1, -0.05) is 29.8 Å². The smallest absolute Gasteiger partial charge is 0.332 e. The Morgan fingerprint density at radius 3 is 2.79 bits per heavy atom. The predicted molar refractivity (Wildman–Crippen MR) is 73.1 cm³/mol. The number of hydrogen-bond acceptors (Lipinski definition) is 4. The molecule has 0 atom stereocenters. The van der Waals surface area contributed by atoms with Crippen LogP contribution in [-0.2, 0) is 20.9 Å². The number of benzene rings is 1. The zero-order chi connectivity index (χ0) is 13.5. The lowest BCUT2D eigenvalue weighted by Gasteiger charge is -2.22. The number of esters is 1. The topological polar surface area (TPSA) is 47.6 Å². The molecule has 19 heavy (non-hydrogen) atoms. The summed E-state index contributed by atoms with van der Waals surface area (Å²) in [5.74, 6) is -0.349. The lowest BCUT2D eigenvalue weighted by molar-refractivity contribution is -0.152. The summed E-state index contributed by atoms with van der Waals surface area (Å²) >= 11 is 5.98. The number of nitrogens with one attached hydrogen (secondary N) is 1. The highest BCUT2D eigenvalue weighted by molar-refractivity contribution is 6.31. The third-order valence-corrected chi connectivity index (χ3v) is 3.44. The van der Waals surface area contributed by atoms with Crippen molar-refractivity contribution in [1.82, 2.24) is 5.32 Å². The summed E-state index contributed by atoms with van der Waals surface area (Å²) in [4.78, 5) is 11.6. The third kappa shape index (κ3) is 4.82. The monoisotopic (exact) mass is 283 g/mol. The molecule has 1 N–H and O–H groups in total. The molecule has 5 heteroatoms. The molecule has 1 fully saturated rings. The molecule has 0 bridgehead atoms. The maximum Gasteiger partial charge on any atom is 0.332 e. The van der Waals surface area contributed by atoms with E-state index in [-0.39, 0.29) is 25.3 Å². The Hall–Kier alpha value is -1.10. The lowest BCUT2D eigenvalue weighted by Crippen LogP contribution is -2.33. The molecular formula is C14H18ClNO3. The average Bonchev–Trinajstić information content (AvgIpc) is 2.45. The molecule has 0 aromatic heterocycles. The van der Waals surface area contributed by atoms with Crippen molar-refractivity contribution in [1.29, 1.82) is 0 Å². The van der Waals surface area contributed by atoms with Gasteiger partial charge in [0.1, 0.15) is 13.2 Å². The van der Waals surface area contributed by atoms with Gasteiger partial charge in [-0.05, 0) is 32.0 Å². The van der Waals surface area contributed by atoms with Crippen LogP contribution in [0.25, 0.3) is 0 Å². The number of ether oxygens (including phenoxy) is 2. The van der Waals surface area contributed by atoms with Gasteiger partial charge in [0.15, 0.2) is 0 Å². The van der Waals surface area contributed by atoms with Crippen molar-refractivity contribution in [2.75, 3.05) is 19.7 Å². The first-order valence-corrected chi connectivity index (χ1v) is 6.85. The number of carbonyl (C=O) groups excluding carboxylic acids is 1. The van der Waals surface area contributed by atoms with Crippen molar-refractivity contribution < 1.29 is 14.3 Å². The Kier molecular flexibility index (Phi) is 5.63. The fourth-order valence-electron chi connectivity index (χ4n) is 1.96. The molecule has 1 aliphatic heterocycles. The highest BCUT2D eigenvalue weighted by Crippen LogP contribution is 2.15. The molecule has 0 unspecified atom stereocenters. The summed E-state index contributed by atoms with van der Waals surface area (Å²) in [5, 5.41) is 3.85. The van der Waals surface area contributed by atoms with Crippen molar-refractivity contribution in [3.05, 3.63) is 34.9 Å². The minimum atomic E-state index is -0.349. The second-order valence-electron chi connectivity index (χ2n) is 4.51. The van der Waals surface area contributed by atoms with Gasteiger partial charge < -0.3 is 14.8 Å². The van der Waals surface area contributed by atoms with E-state index in [1.54, 1.807) is 6.07 Å². The van der Waals surface area contributed by atoms with Crippen molar-refractivity contribution in [2.24, 2.45) is 0 Å². The van der Waals surface area contributed by atoms with Crippen molar-refractivity contribution in [3.8, 4) is 0 Å². The summed E-state index contributed by atoms with van der Waals surface area (Å²) in [6.07, 6.45) is 2.05. The number of carbonyl (C=O) groups is 1. The van der Waals surface area contributed by atoms with Gasteiger partial charge in [-0.3, -0.25) is 0 Å². The van der Waals surface area contributed by atoms with Crippen LogP contribution in [0.3, 0.4) is 0 Å². The Labute approximate surface area is 118 Å². The third-order valence-electron chi connectivity index (χ3n) is 3.07. The predicted octanol–water partition coefficient (Wildman–Crippen LogP) is 2.15. The summed E-state index contributed by atoms with van der Waals surface area (Å²) in [7, 11) is 0. The molecule has 1 aliphatic rings. The van der Waals surface area contributed by atoms with E-state index in [4.69, 9.17) is 21.1 Å². The molecule has 0 saturated carbocycles. The quantitative estimate of drug-likeness (QED) is 0.841. The molecular weight excluding hydrogens is 266 g/mol. The summed E-state index contributed by atoms with van der Waals surface area (Å²) < 4.78 is 10.7. The Morgan fingerprint density at radius 1 is 1.32 bits per heavy atom. The first-order valence-electron chi connectivity index (χ1n) is 6.47. The molecule has 0 amide bonds. The van der Waals surface area contributed by atoms with Crippen LogP contribution in [0.5, 0.6) is 0 Å². The van der Waals surface area contributed by atoms with Gasteiger partial charge in [-0.25, -0.2) is 4.79 Å². The number of rotatable bonds is 5. The van der Waals surface area contributed by atoms with Crippen molar-refractivity contribution in [2.45, 2.75) is 25.6 Å². The molecule has 104 valence electrons. The van der Waals surface area contributed by atoms with E-state index in [1.165, 1.54) is 0 Å². The number of hydrogen-bond donors (Lipinski definition) is 1. The van der Waals surface area contributed by atoms with Crippen LogP contribution in [0.15, 0.2) is 24.3 Å². The lowest BCUT2D eigenvalue weighted by atomic mass is 10.1. The normalized spacial score (nSPS) is 16.3. The van der Waals surface area contributed by atoms with Crippen LogP contribution in [0.2, 0.25) is 5.02 Å². The fourth-order valence-corrected chi connectivity index (χ4v) is 2.15. The van der Waals surface area contributed by atoms with Crippen LogP contribution in [0, 0.1) is 0 Å². The van der Waals surface area contributed by atoms with Crippen LogP contribution in [-0.4, -0.2) is 31.8 Å². The standard InChI is InChI=1S/C14H18ClNO3/c15-13-4-2-1-3-11(13)9-19-14(17)10-18-12-5-7-16-8-6-12/h1-4,12,16H,5-10H2. The SMILES string of the molecule is O=C(COC1CCNCC1)OCc1ccccc1Cl. The van der Waals surface area contributed by atoms with E-state index >= 15 is 0 Å². The number of halogens is 1. The van der Waals surface area contributed by atoms with E-state index < -0.39 is 0 Å². The summed E-state index contributed by atoms with van der Waals surface area (Å²) in [6.45, 7) is 2.09. The minimum Gasteiger partial charge on any atom is -0.459 e. The molecule has 1 saturated heterocycles. The van der Waals surface area contributed by atoms with E-state index in [0.717, 1.165) is 31.5 Å². The molecule has 4 nitrogen and oxygen atoms in total. The first-order chi connectivity index (χ1) is 9.25. The first kappa shape index (κ1) is 14.3. The second kappa shape index (κ2) is 7.48. The maximum absolute atomic E-state index is 11.6. The molecule has 1 aromatic rings. The number of piperidine rings is 1. The largest absolute Gasteiger partial charge is 0.459 e. The van der Waals surface area contributed by atoms with Gasteiger partial charge in [0.25, 0.3) is 0 Å². The Bertz CT molecular complexity index is 419. The van der Waals surface area contributed by atoms with E-state index in [1.807, 2.05) is 18.2 Å². The molecule has 0 radical (unpaired) electrons. The summed E-state index contributed by atoms with van der Waals surface area (Å²) in [5.41, 5.74) is 0.805. The van der Waals surface area contributed by atoms with Gasteiger partial charge in [0, 0.05) is 10.6 Å². The second-order valence-corrected chi connectivity index (χ2v) is 4.92. The summed E-state index contributed by atoms with van der Waals surface area (Å²) in [6, 6.07) is 7.31. The van der Waals surface area contributed by atoms with Crippen LogP contribution in [0.4, 0.5) is 0 Å². The molecule has 1 heterocycles. The minimum absolute atomic E-state index is 0.00905. The highest BCUT2D eigenvalue weighted by Gasteiger charge is 2.15. The van der Waals surface area contributed by atoms with Gasteiger partial charge in [0.05, 0.1) is 6.10 Å². The van der Waals surface area contributed by atoms with E-state index in [9.17, 15) is 4.79 Å². The van der Waals surface area contributed by atoms with Crippen molar-refractivity contribution >= 4 is 17.6 Å². The fraction of sp³-hybridized carbons (Fsp3) is 0.500. The molecule has 1 aromatic carbocycles. The van der Waals surface area contributed by atoms with E-state index in [2.05, 4.69) is 5.32 Å². The Balaban J connectivity index is 1.68. The van der Waals surface area contributed by atoms with Gasteiger partial charge in [0.2, 0.25) is 0 Å². The van der Waals surface area contributed by atoms with E-state index in [0.29, 0.717) is 5.02 Å². The maximum atomic E-state index is 11.6. The highest BCUT2D eigenvalue weighted by atomic mass is 35.5. The average molecular weight is 284 g/mol. The van der Waals surface area contributed by atoms with Gasteiger partial charge in [-0.15, -0.1) is 0 Å². The molecule has 0 spiro atoms. The van der Waals surface area contributed by atoms with Gasteiger partial charge in [-0.2, -0.15) is 0 Å². The zero-order valence-corrected chi connectivity index (χ0v) is 11.5. The van der Waals surface area contributed by atoms with Crippen molar-refractivity contribution in [3.63, 3.8) is 0 Å². The van der Waals surface area contributed by atoms with Crippen LogP contribution >= 0.6 is 11.6 Å². The van der Waals surface area contributed by atoms with Crippen LogP contribution < -0.4 is 5.32 Å². The Morgan fingerprint density at radius 2 is 2.05 bits per heavy atom. The van der Waals surface area contributed by atoms with Crippen LogP contribution in [0.1, 0.15) is 18.4 Å². The molecule has 0 aliphatic carbocycles.